The van der Waals surface area contributed by atoms with Crippen molar-refractivity contribution < 1.29 is 63.4 Å². The third-order valence-electron chi connectivity index (χ3n) is 0. The van der Waals surface area contributed by atoms with E-state index in [1.165, 1.54) is 0 Å². The molecule has 4 heteroatoms. The summed E-state index contributed by atoms with van der Waals surface area (Å²) in [6.45, 7) is 0. The third-order valence-corrected chi connectivity index (χ3v) is 0. The van der Waals surface area contributed by atoms with E-state index in [1.54, 1.807) is 0 Å². The second kappa shape index (κ2) is 16.2. The van der Waals surface area contributed by atoms with E-state index in [2.05, 4.69) is 0 Å². The minimum atomic E-state index is 0. The first-order valence-corrected chi connectivity index (χ1v) is 0. The molecular formula is MnNdOSr+5. The van der Waals surface area contributed by atoms with Crippen molar-refractivity contribution >= 4 is 45.5 Å². The second-order valence-electron chi connectivity index (χ2n) is 0. The van der Waals surface area contributed by atoms with Gasteiger partial charge in [-0.3, -0.25) is 0 Å². The molecule has 0 saturated carbocycles. The van der Waals surface area contributed by atoms with Crippen molar-refractivity contribution in [3.63, 3.8) is 0 Å². The minimum absolute atomic E-state index is 0. The van der Waals surface area contributed by atoms with Crippen LogP contribution in [0, 0.1) is 40.8 Å². The molecule has 0 unspecified atom stereocenters. The van der Waals surface area contributed by atoms with Crippen LogP contribution in [0.15, 0.2) is 0 Å². The van der Waals surface area contributed by atoms with E-state index >= 15 is 0 Å². The summed E-state index contributed by atoms with van der Waals surface area (Å²) in [7, 11) is 0. The zero-order chi connectivity index (χ0) is 0. The van der Waals surface area contributed by atoms with Gasteiger partial charge in [-0.1, -0.05) is 0 Å². The maximum Gasteiger partial charge on any atom is 3.00 e. The molecule has 4 heavy (non-hydrogen) atoms. The SMILES string of the molecule is [Mn+2].[Nd+3].[O-2].[Sr+2]. The van der Waals surface area contributed by atoms with Crippen molar-refractivity contribution in [1.29, 1.82) is 0 Å². The quantitative estimate of drug-likeness (QED) is 0.540. The Morgan fingerprint density at radius 1 is 1.00 bits per heavy atom. The Balaban J connectivity index is 0. The Labute approximate surface area is 106 Å². The molecule has 0 aliphatic rings. The molecule has 0 aliphatic heterocycles. The number of hydrogen-bond donors (Lipinski definition) is 0. The van der Waals surface area contributed by atoms with Crippen LogP contribution >= 0.6 is 0 Å². The smallest absolute Gasteiger partial charge is 2.00 e. The predicted octanol–water partition coefficient (Wildman–Crippen LogP) is -0.502. The van der Waals surface area contributed by atoms with Crippen molar-refractivity contribution in [3.8, 4) is 0 Å². The molecule has 0 atom stereocenters. The van der Waals surface area contributed by atoms with Crippen molar-refractivity contribution in [3.05, 3.63) is 0 Å². The van der Waals surface area contributed by atoms with Gasteiger partial charge in [-0.05, 0) is 0 Å². The normalized spacial score (nSPS) is 0. The Kier molecular flexibility index (Phi) is 108. The molecule has 0 aromatic heterocycles. The number of rotatable bonds is 0. The van der Waals surface area contributed by atoms with Gasteiger partial charge in [0.05, 0.1) is 0 Å². The summed E-state index contributed by atoms with van der Waals surface area (Å²) in [5.74, 6) is 0. The van der Waals surface area contributed by atoms with Gasteiger partial charge >= 0.3 is 103 Å². The standard InChI is InChI=1S/Mn.Nd.O.Sr/q+2;+3;-2;+2. The van der Waals surface area contributed by atoms with Gasteiger partial charge in [0.25, 0.3) is 0 Å². The molecule has 0 aromatic carbocycles. The van der Waals surface area contributed by atoms with Gasteiger partial charge in [0.2, 0.25) is 0 Å². The van der Waals surface area contributed by atoms with Crippen LogP contribution < -0.4 is 0 Å². The summed E-state index contributed by atoms with van der Waals surface area (Å²) in [5, 5.41) is 0. The maximum absolute atomic E-state index is 0. The van der Waals surface area contributed by atoms with E-state index < -0.39 is 0 Å². The summed E-state index contributed by atoms with van der Waals surface area (Å²) in [5.41, 5.74) is 0. The molecule has 2 radical (unpaired) electrons. The average molecular weight is 303 g/mol. The minimum Gasteiger partial charge on any atom is -2.00 e. The molecule has 0 saturated heterocycles. The summed E-state index contributed by atoms with van der Waals surface area (Å²) < 4.78 is 0. The van der Waals surface area contributed by atoms with Crippen molar-refractivity contribution in [1.82, 2.24) is 0 Å². The van der Waals surface area contributed by atoms with Crippen LogP contribution in [0.1, 0.15) is 0 Å². The monoisotopic (exact) mass is 301 g/mol. The zero-order valence-electron chi connectivity index (χ0n) is 1.99. The summed E-state index contributed by atoms with van der Waals surface area (Å²) in [6, 6.07) is 0. The topological polar surface area (TPSA) is 28.5 Å². The van der Waals surface area contributed by atoms with Crippen LogP contribution in [0.25, 0.3) is 0 Å². The summed E-state index contributed by atoms with van der Waals surface area (Å²) in [4.78, 5) is 0. The fraction of sp³-hybridized carbons (Fsp3) is 0. The summed E-state index contributed by atoms with van der Waals surface area (Å²) in [6.07, 6.45) is 0. The van der Waals surface area contributed by atoms with Gasteiger partial charge in [0, 0.05) is 0 Å². The first-order chi connectivity index (χ1) is 0. The van der Waals surface area contributed by atoms with Crippen LogP contribution in [-0.2, 0) is 22.5 Å². The van der Waals surface area contributed by atoms with Crippen LogP contribution in [0.4, 0.5) is 0 Å². The number of hydrogen-bond acceptors (Lipinski definition) is 0. The van der Waals surface area contributed by atoms with Crippen LogP contribution in [0.5, 0.6) is 0 Å². The van der Waals surface area contributed by atoms with Gasteiger partial charge in [-0.15, -0.1) is 0 Å². The molecule has 0 heterocycles. The molecule has 0 fully saturated rings. The Hall–Kier alpha value is 3.31. The van der Waals surface area contributed by atoms with Gasteiger partial charge in [-0.2, -0.15) is 0 Å². The van der Waals surface area contributed by atoms with Gasteiger partial charge in [0.1, 0.15) is 0 Å². The fourth-order valence-corrected chi connectivity index (χ4v) is 0. The van der Waals surface area contributed by atoms with E-state index in [0.29, 0.717) is 0 Å². The molecule has 0 amide bonds. The fourth-order valence-electron chi connectivity index (χ4n) is 0. The van der Waals surface area contributed by atoms with Gasteiger partial charge in [-0.25, -0.2) is 0 Å². The molecule has 1 nitrogen and oxygen atoms in total. The average Bonchev–Trinajstić information content (AvgIpc) is 0. The predicted molar refractivity (Wildman–Crippen MR) is 6.44 cm³/mol. The van der Waals surface area contributed by atoms with Gasteiger partial charge in [0.15, 0.2) is 0 Å². The molecular weight excluding hydrogens is 303 g/mol. The molecule has 0 aromatic rings. The third kappa shape index (κ3) is 9.00. The zero-order valence-corrected chi connectivity index (χ0v) is 9.86. The molecule has 0 N–H and O–H groups in total. The van der Waals surface area contributed by atoms with E-state index in [0.717, 1.165) is 0 Å². The van der Waals surface area contributed by atoms with E-state index in [9.17, 15) is 0 Å². The van der Waals surface area contributed by atoms with Crippen molar-refractivity contribution in [2.45, 2.75) is 0 Å². The van der Waals surface area contributed by atoms with Crippen LogP contribution in [0.2, 0.25) is 0 Å². The molecule has 0 aliphatic carbocycles. The first-order valence-electron chi connectivity index (χ1n) is 0. The molecule has 0 spiro atoms. The molecule has 14 valence electrons. The van der Waals surface area contributed by atoms with E-state index in [-0.39, 0.29) is 109 Å². The maximum atomic E-state index is 0. The molecule has 0 bridgehead atoms. The van der Waals surface area contributed by atoms with Crippen molar-refractivity contribution in [2.75, 3.05) is 0 Å². The van der Waals surface area contributed by atoms with Crippen molar-refractivity contribution in [2.24, 2.45) is 0 Å². The second-order valence-corrected chi connectivity index (χ2v) is 0. The molecule has 0 rings (SSSR count). The van der Waals surface area contributed by atoms with Crippen LogP contribution in [0.3, 0.4) is 0 Å². The van der Waals surface area contributed by atoms with Crippen LogP contribution in [-0.4, -0.2) is 45.5 Å². The Bertz CT molecular complexity index is 8.00. The Morgan fingerprint density at radius 2 is 1.00 bits per heavy atom. The van der Waals surface area contributed by atoms with Gasteiger partial charge < -0.3 is 5.48 Å². The van der Waals surface area contributed by atoms with E-state index in [1.807, 2.05) is 0 Å². The first kappa shape index (κ1) is 26.6. The van der Waals surface area contributed by atoms with E-state index in [4.69, 9.17) is 0 Å². The summed E-state index contributed by atoms with van der Waals surface area (Å²) >= 11 is 0. The Morgan fingerprint density at radius 3 is 1.00 bits per heavy atom. The largest absolute Gasteiger partial charge is 3.00 e.